The summed E-state index contributed by atoms with van der Waals surface area (Å²) in [5, 5.41) is 8.66. The van der Waals surface area contributed by atoms with Crippen LogP contribution in [0.2, 0.25) is 0 Å². The van der Waals surface area contributed by atoms with Crippen molar-refractivity contribution in [2.24, 2.45) is 0 Å². The molecule has 1 N–H and O–H groups in total. The Labute approximate surface area is 105 Å². The molecular weight excluding hydrogens is 236 g/mol. The number of carboxylic acids is 1. The molecule has 18 heavy (non-hydrogen) atoms. The van der Waals surface area contributed by atoms with E-state index in [1.807, 2.05) is 30.3 Å². The first-order valence-corrected chi connectivity index (χ1v) is 5.67. The number of rotatable bonds is 7. The van der Waals surface area contributed by atoms with Crippen LogP contribution in [0.5, 0.6) is 0 Å². The van der Waals surface area contributed by atoms with Crippen LogP contribution >= 0.6 is 0 Å². The van der Waals surface area contributed by atoms with Crippen LogP contribution in [0.3, 0.4) is 0 Å². The Bertz CT molecular complexity index is 388. The van der Waals surface area contributed by atoms with E-state index in [0.29, 0.717) is 0 Å². The summed E-state index contributed by atoms with van der Waals surface area (Å²) in [7, 11) is 0. The van der Waals surface area contributed by atoms with Gasteiger partial charge < -0.3 is 14.6 Å². The molecule has 1 rings (SSSR count). The Hall–Kier alpha value is -1.88. The van der Waals surface area contributed by atoms with Crippen molar-refractivity contribution in [1.29, 1.82) is 0 Å². The third-order valence-electron chi connectivity index (χ3n) is 2.21. The van der Waals surface area contributed by atoms with E-state index in [2.05, 4.69) is 0 Å². The van der Waals surface area contributed by atoms with Crippen LogP contribution in [0.25, 0.3) is 0 Å². The fourth-order valence-electron chi connectivity index (χ4n) is 1.39. The molecule has 1 unspecified atom stereocenters. The van der Waals surface area contributed by atoms with Gasteiger partial charge in [-0.25, -0.2) is 4.79 Å². The van der Waals surface area contributed by atoms with Gasteiger partial charge in [-0.05, 0) is 12.5 Å². The Morgan fingerprint density at radius 1 is 1.28 bits per heavy atom. The third kappa shape index (κ3) is 4.97. The normalized spacial score (nSPS) is 11.8. The van der Waals surface area contributed by atoms with Crippen LogP contribution in [0.15, 0.2) is 30.3 Å². The maximum Gasteiger partial charge on any atom is 0.336 e. The predicted molar refractivity (Wildman–Crippen MR) is 63.9 cm³/mol. The van der Waals surface area contributed by atoms with Gasteiger partial charge >= 0.3 is 11.9 Å². The fourth-order valence-corrected chi connectivity index (χ4v) is 1.39. The lowest BCUT2D eigenvalue weighted by Crippen LogP contribution is -2.29. The van der Waals surface area contributed by atoms with Gasteiger partial charge in [0.25, 0.3) is 0 Å². The van der Waals surface area contributed by atoms with Gasteiger partial charge in [-0.1, -0.05) is 30.3 Å². The average molecular weight is 252 g/mol. The molecule has 5 heteroatoms. The molecule has 0 saturated carbocycles. The van der Waals surface area contributed by atoms with E-state index >= 15 is 0 Å². The van der Waals surface area contributed by atoms with Crippen LogP contribution in [-0.2, 0) is 25.7 Å². The van der Waals surface area contributed by atoms with E-state index in [1.54, 1.807) is 6.92 Å². The van der Waals surface area contributed by atoms with Gasteiger partial charge in [-0.15, -0.1) is 0 Å². The second kappa shape index (κ2) is 7.45. The molecular formula is C13H16O5. The third-order valence-corrected chi connectivity index (χ3v) is 2.21. The van der Waals surface area contributed by atoms with Gasteiger partial charge in [0.05, 0.1) is 6.42 Å². The molecule has 0 aliphatic carbocycles. The van der Waals surface area contributed by atoms with Crippen molar-refractivity contribution in [3.63, 3.8) is 0 Å². The highest BCUT2D eigenvalue weighted by atomic mass is 16.6. The Morgan fingerprint density at radius 3 is 2.50 bits per heavy atom. The summed E-state index contributed by atoms with van der Waals surface area (Å²) in [6.45, 7) is 2.07. The quantitative estimate of drug-likeness (QED) is 0.746. The van der Waals surface area contributed by atoms with Crippen molar-refractivity contribution in [3.05, 3.63) is 35.9 Å². The molecule has 0 aromatic heterocycles. The first-order valence-electron chi connectivity index (χ1n) is 5.67. The summed E-state index contributed by atoms with van der Waals surface area (Å²) in [5.74, 6) is -1.74. The highest BCUT2D eigenvalue weighted by molar-refractivity contribution is 5.81. The second-order valence-corrected chi connectivity index (χ2v) is 3.64. The van der Waals surface area contributed by atoms with E-state index in [0.717, 1.165) is 5.56 Å². The van der Waals surface area contributed by atoms with Crippen molar-refractivity contribution in [1.82, 2.24) is 0 Å². The number of carbonyl (C=O) groups is 2. The topological polar surface area (TPSA) is 72.8 Å². The molecule has 0 heterocycles. The minimum atomic E-state index is -1.09. The molecule has 0 aliphatic heterocycles. The molecule has 1 atom stereocenters. The maximum atomic E-state index is 11.6. The molecule has 5 nitrogen and oxygen atoms in total. The smallest absolute Gasteiger partial charge is 0.336 e. The van der Waals surface area contributed by atoms with Crippen LogP contribution in [-0.4, -0.2) is 29.8 Å². The molecule has 1 aromatic rings. The van der Waals surface area contributed by atoms with E-state index in [-0.39, 0.29) is 19.6 Å². The zero-order chi connectivity index (χ0) is 13.4. The van der Waals surface area contributed by atoms with E-state index in [9.17, 15) is 9.59 Å². The zero-order valence-electron chi connectivity index (χ0n) is 10.2. The number of carboxylic acid groups (broad SMARTS) is 1. The summed E-state index contributed by atoms with van der Waals surface area (Å²) < 4.78 is 10.1. The number of benzene rings is 1. The largest absolute Gasteiger partial charge is 0.481 e. The number of carbonyl (C=O) groups excluding carboxylic acids is 1. The highest BCUT2D eigenvalue weighted by Crippen LogP contribution is 2.06. The lowest BCUT2D eigenvalue weighted by atomic mass is 10.2. The first-order chi connectivity index (χ1) is 8.63. The fraction of sp³-hybridized carbons (Fsp3) is 0.385. The SMILES string of the molecule is CCOC(CC(=O)O)C(=O)OCc1ccccc1. The number of aliphatic carboxylic acids is 1. The van der Waals surface area contributed by atoms with Crippen molar-refractivity contribution < 1.29 is 24.2 Å². The van der Waals surface area contributed by atoms with Crippen LogP contribution in [0.4, 0.5) is 0 Å². The molecule has 0 bridgehead atoms. The predicted octanol–water partition coefficient (Wildman–Crippen LogP) is 1.61. The summed E-state index contributed by atoms with van der Waals surface area (Å²) in [5.41, 5.74) is 0.844. The molecule has 0 spiro atoms. The molecule has 0 amide bonds. The first kappa shape index (κ1) is 14.2. The Morgan fingerprint density at radius 2 is 1.94 bits per heavy atom. The highest BCUT2D eigenvalue weighted by Gasteiger charge is 2.23. The molecule has 0 saturated heterocycles. The minimum Gasteiger partial charge on any atom is -0.481 e. The van der Waals surface area contributed by atoms with Gasteiger partial charge in [0.1, 0.15) is 6.61 Å². The zero-order valence-corrected chi connectivity index (χ0v) is 10.2. The standard InChI is InChI=1S/C13H16O5/c1-2-17-11(8-12(14)15)13(16)18-9-10-6-4-3-5-7-10/h3-7,11H,2,8-9H2,1H3,(H,14,15). The summed E-state index contributed by atoms with van der Waals surface area (Å²) >= 11 is 0. The number of hydrogen-bond acceptors (Lipinski definition) is 4. The van der Waals surface area contributed by atoms with Crippen LogP contribution < -0.4 is 0 Å². The monoisotopic (exact) mass is 252 g/mol. The summed E-state index contributed by atoms with van der Waals surface area (Å²) in [6.07, 6.45) is -1.43. The van der Waals surface area contributed by atoms with Crippen LogP contribution in [0, 0.1) is 0 Å². The minimum absolute atomic E-state index is 0.114. The van der Waals surface area contributed by atoms with E-state index in [4.69, 9.17) is 14.6 Å². The molecule has 0 radical (unpaired) electrons. The van der Waals surface area contributed by atoms with Crippen molar-refractivity contribution in [2.75, 3.05) is 6.61 Å². The number of esters is 1. The number of hydrogen-bond donors (Lipinski definition) is 1. The maximum absolute atomic E-state index is 11.6. The lowest BCUT2D eigenvalue weighted by molar-refractivity contribution is -0.163. The molecule has 0 fully saturated rings. The number of ether oxygens (including phenoxy) is 2. The summed E-state index contributed by atoms with van der Waals surface area (Å²) in [4.78, 5) is 22.2. The van der Waals surface area contributed by atoms with Gasteiger partial charge in [0.2, 0.25) is 0 Å². The van der Waals surface area contributed by atoms with Gasteiger partial charge in [0.15, 0.2) is 6.10 Å². The Kier molecular flexibility index (Phi) is 5.87. The van der Waals surface area contributed by atoms with Crippen LogP contribution in [0.1, 0.15) is 18.9 Å². The van der Waals surface area contributed by atoms with Crippen molar-refractivity contribution >= 4 is 11.9 Å². The van der Waals surface area contributed by atoms with Crippen molar-refractivity contribution in [3.8, 4) is 0 Å². The summed E-state index contributed by atoms with van der Waals surface area (Å²) in [6, 6.07) is 9.17. The molecule has 0 aliphatic rings. The van der Waals surface area contributed by atoms with Gasteiger partial charge in [-0.2, -0.15) is 0 Å². The molecule has 1 aromatic carbocycles. The second-order valence-electron chi connectivity index (χ2n) is 3.64. The molecule has 98 valence electrons. The van der Waals surface area contributed by atoms with Crippen molar-refractivity contribution in [2.45, 2.75) is 26.1 Å². The van der Waals surface area contributed by atoms with E-state index in [1.165, 1.54) is 0 Å². The average Bonchev–Trinajstić information content (AvgIpc) is 2.36. The Balaban J connectivity index is 2.48. The van der Waals surface area contributed by atoms with Gasteiger partial charge in [-0.3, -0.25) is 4.79 Å². The lowest BCUT2D eigenvalue weighted by Gasteiger charge is -2.14. The van der Waals surface area contributed by atoms with Gasteiger partial charge in [0, 0.05) is 6.61 Å². The van der Waals surface area contributed by atoms with E-state index < -0.39 is 18.0 Å².